The average Bonchev–Trinajstić information content (AvgIpc) is 2.76. The summed E-state index contributed by atoms with van der Waals surface area (Å²) in [6, 6.07) is 19.9. The van der Waals surface area contributed by atoms with E-state index in [2.05, 4.69) is 22.8 Å². The van der Waals surface area contributed by atoms with Gasteiger partial charge in [0.15, 0.2) is 6.61 Å². The molecule has 0 aliphatic heterocycles. The third-order valence-corrected chi connectivity index (χ3v) is 4.94. The molecule has 0 saturated heterocycles. The minimum absolute atomic E-state index is 0.0402. The summed E-state index contributed by atoms with van der Waals surface area (Å²) in [6.45, 7) is 8.32. The van der Waals surface area contributed by atoms with Gasteiger partial charge in [0.25, 0.3) is 5.91 Å². The molecule has 0 radical (unpaired) electrons. The van der Waals surface area contributed by atoms with E-state index in [-0.39, 0.29) is 18.6 Å². The number of fused-ring (bicyclic) bond motifs is 1. The van der Waals surface area contributed by atoms with Crippen LogP contribution in [0.3, 0.4) is 0 Å². The van der Waals surface area contributed by atoms with Crippen molar-refractivity contribution in [1.82, 2.24) is 5.32 Å². The largest absolute Gasteiger partial charge is 0.483 e. The second-order valence-electron chi connectivity index (χ2n) is 7.92. The molecule has 5 nitrogen and oxygen atoms in total. The number of nitrogens with one attached hydrogen (secondary N) is 2. The Balaban J connectivity index is 1.62. The molecule has 31 heavy (non-hydrogen) atoms. The zero-order valence-electron chi connectivity index (χ0n) is 18.6. The first-order valence-electron chi connectivity index (χ1n) is 10.8. The summed E-state index contributed by atoms with van der Waals surface area (Å²) in [5.74, 6) is 0.547. The first kappa shape index (κ1) is 22.8. The molecule has 0 spiro atoms. The van der Waals surface area contributed by atoms with Gasteiger partial charge in [-0.3, -0.25) is 4.79 Å². The zero-order chi connectivity index (χ0) is 22.1. The molecule has 2 N–H and O–H groups in total. The van der Waals surface area contributed by atoms with Gasteiger partial charge in [-0.05, 0) is 62.7 Å². The van der Waals surface area contributed by atoms with Gasteiger partial charge in [-0.25, -0.2) is 0 Å². The van der Waals surface area contributed by atoms with Gasteiger partial charge in [0.05, 0.1) is 6.10 Å². The van der Waals surface area contributed by atoms with Crippen LogP contribution < -0.4 is 15.4 Å². The highest BCUT2D eigenvalue weighted by atomic mass is 16.5. The van der Waals surface area contributed by atoms with Gasteiger partial charge in [-0.15, -0.1) is 0 Å². The fraction of sp³-hybridized carbons (Fsp3) is 0.346. The number of benzene rings is 3. The van der Waals surface area contributed by atoms with Crippen molar-refractivity contribution >= 4 is 22.4 Å². The van der Waals surface area contributed by atoms with Gasteiger partial charge in [-0.1, -0.05) is 48.0 Å². The standard InChI is InChI=1S/C26H32N2O3/c1-19(2)30-16-6-15-27-17-24-23-8-5-4-7-21(23)11-14-25(24)31-18-26(29)28-22-12-9-20(3)10-13-22/h4-5,7-14,19,27H,6,15-18H2,1-3H3,(H,28,29). The van der Waals surface area contributed by atoms with Gasteiger partial charge in [0, 0.05) is 24.4 Å². The molecule has 3 aromatic carbocycles. The van der Waals surface area contributed by atoms with Crippen LogP contribution in [0.4, 0.5) is 5.69 Å². The van der Waals surface area contributed by atoms with Gasteiger partial charge in [0.2, 0.25) is 0 Å². The van der Waals surface area contributed by atoms with E-state index in [4.69, 9.17) is 9.47 Å². The van der Waals surface area contributed by atoms with Crippen molar-refractivity contribution in [3.05, 3.63) is 71.8 Å². The number of hydrogen-bond donors (Lipinski definition) is 2. The predicted molar refractivity (Wildman–Crippen MR) is 127 cm³/mol. The molecule has 164 valence electrons. The van der Waals surface area contributed by atoms with Gasteiger partial charge in [0.1, 0.15) is 5.75 Å². The minimum Gasteiger partial charge on any atom is -0.483 e. The van der Waals surface area contributed by atoms with Gasteiger partial charge in [-0.2, -0.15) is 0 Å². The van der Waals surface area contributed by atoms with Gasteiger partial charge < -0.3 is 20.1 Å². The lowest BCUT2D eigenvalue weighted by atomic mass is 10.0. The molecule has 0 aliphatic rings. The van der Waals surface area contributed by atoms with E-state index in [1.807, 2.05) is 69.3 Å². The molecule has 0 heterocycles. The van der Waals surface area contributed by atoms with Crippen molar-refractivity contribution < 1.29 is 14.3 Å². The van der Waals surface area contributed by atoms with Crippen molar-refractivity contribution in [2.75, 3.05) is 25.1 Å². The van der Waals surface area contributed by atoms with E-state index in [9.17, 15) is 4.79 Å². The topological polar surface area (TPSA) is 59.6 Å². The predicted octanol–water partition coefficient (Wildman–Crippen LogP) is 5.07. The lowest BCUT2D eigenvalue weighted by Crippen LogP contribution is -2.22. The number of anilines is 1. The van der Waals surface area contributed by atoms with E-state index in [0.717, 1.165) is 52.9 Å². The molecule has 0 saturated carbocycles. The molecule has 0 atom stereocenters. The van der Waals surface area contributed by atoms with E-state index in [0.29, 0.717) is 6.54 Å². The molecular formula is C26H32N2O3. The Kier molecular flexibility index (Phi) is 8.44. The van der Waals surface area contributed by atoms with Crippen LogP contribution in [0.5, 0.6) is 5.75 Å². The van der Waals surface area contributed by atoms with Crippen molar-refractivity contribution in [3.8, 4) is 5.75 Å². The van der Waals surface area contributed by atoms with Crippen molar-refractivity contribution in [3.63, 3.8) is 0 Å². The normalized spacial score (nSPS) is 11.1. The van der Waals surface area contributed by atoms with Crippen LogP contribution in [0.15, 0.2) is 60.7 Å². The Morgan fingerprint density at radius 1 is 1.00 bits per heavy atom. The van der Waals surface area contributed by atoms with Crippen LogP contribution in [0.2, 0.25) is 0 Å². The molecule has 0 aliphatic carbocycles. The lowest BCUT2D eigenvalue weighted by molar-refractivity contribution is -0.118. The summed E-state index contributed by atoms with van der Waals surface area (Å²) in [5.41, 5.74) is 2.98. The third kappa shape index (κ3) is 7.09. The number of aryl methyl sites for hydroxylation is 1. The minimum atomic E-state index is -0.179. The van der Waals surface area contributed by atoms with Crippen LogP contribution in [0.25, 0.3) is 10.8 Å². The highest BCUT2D eigenvalue weighted by Gasteiger charge is 2.11. The number of hydrogen-bond acceptors (Lipinski definition) is 4. The summed E-state index contributed by atoms with van der Waals surface area (Å²) in [4.78, 5) is 12.4. The molecular weight excluding hydrogens is 388 g/mol. The molecule has 1 amide bonds. The second-order valence-corrected chi connectivity index (χ2v) is 7.92. The van der Waals surface area contributed by atoms with E-state index in [1.165, 1.54) is 0 Å². The summed E-state index contributed by atoms with van der Waals surface area (Å²) in [6.07, 6.45) is 1.20. The third-order valence-electron chi connectivity index (χ3n) is 4.94. The van der Waals surface area contributed by atoms with Crippen LogP contribution in [0.1, 0.15) is 31.4 Å². The molecule has 0 fully saturated rings. The first-order valence-corrected chi connectivity index (χ1v) is 10.8. The summed E-state index contributed by atoms with van der Waals surface area (Å²) < 4.78 is 11.5. The molecule has 0 unspecified atom stereocenters. The fourth-order valence-electron chi connectivity index (χ4n) is 3.34. The highest BCUT2D eigenvalue weighted by molar-refractivity contribution is 5.92. The summed E-state index contributed by atoms with van der Waals surface area (Å²) >= 11 is 0. The first-order chi connectivity index (χ1) is 15.0. The Labute approximate surface area is 184 Å². The maximum Gasteiger partial charge on any atom is 0.262 e. The van der Waals surface area contributed by atoms with Crippen LogP contribution in [-0.4, -0.2) is 31.8 Å². The number of ether oxygens (including phenoxy) is 2. The highest BCUT2D eigenvalue weighted by Crippen LogP contribution is 2.28. The van der Waals surface area contributed by atoms with Crippen molar-refractivity contribution in [2.45, 2.75) is 39.8 Å². The molecule has 3 aromatic rings. The Bertz CT molecular complexity index is 984. The second kappa shape index (κ2) is 11.5. The smallest absolute Gasteiger partial charge is 0.262 e. The monoisotopic (exact) mass is 420 g/mol. The molecule has 0 bridgehead atoms. The summed E-state index contributed by atoms with van der Waals surface area (Å²) in [7, 11) is 0. The number of carbonyl (C=O) groups is 1. The van der Waals surface area contributed by atoms with E-state index < -0.39 is 0 Å². The fourth-order valence-corrected chi connectivity index (χ4v) is 3.34. The number of carbonyl (C=O) groups excluding carboxylic acids is 1. The molecule has 5 heteroatoms. The molecule has 3 rings (SSSR count). The average molecular weight is 421 g/mol. The van der Waals surface area contributed by atoms with Crippen LogP contribution in [0, 0.1) is 6.92 Å². The number of rotatable bonds is 11. The van der Waals surface area contributed by atoms with Crippen LogP contribution >= 0.6 is 0 Å². The summed E-state index contributed by atoms with van der Waals surface area (Å²) in [5, 5.41) is 8.64. The SMILES string of the molecule is Cc1ccc(NC(=O)COc2ccc3ccccc3c2CNCCCOC(C)C)cc1. The van der Waals surface area contributed by atoms with Crippen molar-refractivity contribution in [1.29, 1.82) is 0 Å². The maximum absolute atomic E-state index is 12.4. The van der Waals surface area contributed by atoms with Crippen molar-refractivity contribution in [2.24, 2.45) is 0 Å². The van der Waals surface area contributed by atoms with E-state index >= 15 is 0 Å². The lowest BCUT2D eigenvalue weighted by Gasteiger charge is -2.15. The molecule has 0 aromatic heterocycles. The zero-order valence-corrected chi connectivity index (χ0v) is 18.6. The van der Waals surface area contributed by atoms with Crippen LogP contribution in [-0.2, 0) is 16.1 Å². The maximum atomic E-state index is 12.4. The Morgan fingerprint density at radius 3 is 2.55 bits per heavy atom. The van der Waals surface area contributed by atoms with Gasteiger partial charge >= 0.3 is 0 Å². The Morgan fingerprint density at radius 2 is 1.77 bits per heavy atom. The Hall–Kier alpha value is -2.89. The number of amides is 1. The quantitative estimate of drug-likeness (QED) is 0.425. The van der Waals surface area contributed by atoms with E-state index in [1.54, 1.807) is 0 Å².